The lowest BCUT2D eigenvalue weighted by molar-refractivity contribution is 0.194. The highest BCUT2D eigenvalue weighted by Crippen LogP contribution is 2.43. The lowest BCUT2D eigenvalue weighted by Gasteiger charge is -2.34. The van der Waals surface area contributed by atoms with Gasteiger partial charge in [0, 0.05) is 25.6 Å². The largest absolute Gasteiger partial charge is 0.383 e. The van der Waals surface area contributed by atoms with Gasteiger partial charge < -0.3 is 10.1 Å². The first-order valence-electron chi connectivity index (χ1n) is 6.91. The van der Waals surface area contributed by atoms with Crippen molar-refractivity contribution in [3.05, 3.63) is 23.8 Å². The molecule has 0 aromatic heterocycles. The van der Waals surface area contributed by atoms with Crippen LogP contribution in [-0.2, 0) is 4.74 Å². The molecule has 2 nitrogen and oxygen atoms in total. The van der Waals surface area contributed by atoms with Crippen molar-refractivity contribution in [3.8, 4) is 0 Å². The number of methoxy groups -OCH3 is 1. The summed E-state index contributed by atoms with van der Waals surface area (Å²) in [6.45, 7) is 2.88. The molecule has 0 bridgehead atoms. The van der Waals surface area contributed by atoms with E-state index in [0.29, 0.717) is 5.41 Å². The van der Waals surface area contributed by atoms with Crippen LogP contribution in [0.15, 0.2) is 23.8 Å². The molecular weight excluding hydrogens is 210 g/mol. The van der Waals surface area contributed by atoms with Crippen molar-refractivity contribution in [1.29, 1.82) is 0 Å². The van der Waals surface area contributed by atoms with E-state index in [0.717, 1.165) is 19.7 Å². The maximum atomic E-state index is 5.09. The molecule has 0 amide bonds. The molecule has 1 N–H and O–H groups in total. The summed E-state index contributed by atoms with van der Waals surface area (Å²) >= 11 is 0. The monoisotopic (exact) mass is 235 g/mol. The van der Waals surface area contributed by atoms with Gasteiger partial charge in [-0.1, -0.05) is 23.8 Å². The van der Waals surface area contributed by atoms with E-state index in [9.17, 15) is 0 Å². The molecule has 0 radical (unpaired) electrons. The summed E-state index contributed by atoms with van der Waals surface area (Å²) in [6, 6.07) is 0. The molecule has 0 aromatic carbocycles. The number of hydrogen-bond acceptors (Lipinski definition) is 2. The molecule has 0 spiro atoms. The van der Waals surface area contributed by atoms with Crippen molar-refractivity contribution in [1.82, 2.24) is 5.32 Å². The van der Waals surface area contributed by atoms with E-state index < -0.39 is 0 Å². The molecular formula is C15H25NO. The highest BCUT2D eigenvalue weighted by atomic mass is 16.5. The Morgan fingerprint density at radius 3 is 2.76 bits per heavy atom. The minimum absolute atomic E-state index is 0.397. The van der Waals surface area contributed by atoms with Gasteiger partial charge in [-0.05, 0) is 38.5 Å². The SMILES string of the molecule is COCCNCC1(C2=CCCCC2)CC=CC1. The van der Waals surface area contributed by atoms with E-state index in [1.54, 1.807) is 12.7 Å². The van der Waals surface area contributed by atoms with E-state index in [1.165, 1.54) is 38.5 Å². The van der Waals surface area contributed by atoms with E-state index in [1.807, 2.05) is 0 Å². The Balaban J connectivity index is 1.92. The summed E-state index contributed by atoms with van der Waals surface area (Å²) in [5.41, 5.74) is 2.10. The van der Waals surface area contributed by atoms with Crippen LogP contribution in [0, 0.1) is 5.41 Å². The van der Waals surface area contributed by atoms with Crippen LogP contribution in [0.2, 0.25) is 0 Å². The fourth-order valence-corrected chi connectivity index (χ4v) is 3.04. The van der Waals surface area contributed by atoms with Gasteiger partial charge in [-0.2, -0.15) is 0 Å². The first kappa shape index (κ1) is 12.8. The van der Waals surface area contributed by atoms with Gasteiger partial charge in [0.25, 0.3) is 0 Å². The van der Waals surface area contributed by atoms with Crippen molar-refractivity contribution in [2.45, 2.75) is 38.5 Å². The first-order chi connectivity index (χ1) is 8.37. The van der Waals surface area contributed by atoms with Crippen LogP contribution in [-0.4, -0.2) is 26.8 Å². The molecule has 2 aliphatic rings. The molecule has 0 unspecified atom stereocenters. The summed E-state index contributed by atoms with van der Waals surface area (Å²) in [7, 11) is 1.76. The molecule has 2 rings (SSSR count). The van der Waals surface area contributed by atoms with Gasteiger partial charge in [-0.15, -0.1) is 0 Å². The number of hydrogen-bond donors (Lipinski definition) is 1. The van der Waals surface area contributed by atoms with Gasteiger partial charge >= 0.3 is 0 Å². The van der Waals surface area contributed by atoms with Gasteiger partial charge in [-0.3, -0.25) is 0 Å². The van der Waals surface area contributed by atoms with E-state index in [-0.39, 0.29) is 0 Å². The topological polar surface area (TPSA) is 21.3 Å². The molecule has 0 saturated carbocycles. The summed E-state index contributed by atoms with van der Waals surface area (Å²) in [5.74, 6) is 0. The van der Waals surface area contributed by atoms with Crippen LogP contribution in [0.4, 0.5) is 0 Å². The number of allylic oxidation sites excluding steroid dienone is 3. The summed E-state index contributed by atoms with van der Waals surface area (Å²) in [5, 5.41) is 3.56. The van der Waals surface area contributed by atoms with Crippen LogP contribution in [0.1, 0.15) is 38.5 Å². The molecule has 17 heavy (non-hydrogen) atoms. The molecule has 2 aliphatic carbocycles. The quantitative estimate of drug-likeness (QED) is 0.564. The minimum Gasteiger partial charge on any atom is -0.383 e. The zero-order valence-corrected chi connectivity index (χ0v) is 11.0. The molecule has 2 heteroatoms. The minimum atomic E-state index is 0.397. The summed E-state index contributed by atoms with van der Waals surface area (Å²) in [6.07, 6.45) is 15.0. The van der Waals surface area contributed by atoms with Crippen LogP contribution in [0.5, 0.6) is 0 Å². The second-order valence-corrected chi connectivity index (χ2v) is 5.30. The third-order valence-corrected chi connectivity index (χ3v) is 4.10. The second kappa shape index (κ2) is 6.36. The fraction of sp³-hybridized carbons (Fsp3) is 0.733. The molecule has 96 valence electrons. The Morgan fingerprint density at radius 2 is 2.12 bits per heavy atom. The lowest BCUT2D eigenvalue weighted by Crippen LogP contribution is -2.36. The summed E-state index contributed by atoms with van der Waals surface area (Å²) < 4.78 is 5.09. The van der Waals surface area contributed by atoms with Gasteiger partial charge in [0.1, 0.15) is 0 Å². The number of ether oxygens (including phenoxy) is 1. The highest BCUT2D eigenvalue weighted by molar-refractivity contribution is 5.24. The van der Waals surface area contributed by atoms with Gasteiger partial charge in [-0.25, -0.2) is 0 Å². The Hall–Kier alpha value is -0.600. The average molecular weight is 235 g/mol. The van der Waals surface area contributed by atoms with Crippen LogP contribution in [0.25, 0.3) is 0 Å². The Morgan fingerprint density at radius 1 is 1.29 bits per heavy atom. The van der Waals surface area contributed by atoms with Crippen LogP contribution in [0.3, 0.4) is 0 Å². The predicted octanol–water partition coefficient (Wildman–Crippen LogP) is 3.06. The van der Waals surface area contributed by atoms with Crippen LogP contribution < -0.4 is 5.32 Å². The molecule has 0 atom stereocenters. The van der Waals surface area contributed by atoms with Crippen molar-refractivity contribution in [3.63, 3.8) is 0 Å². The molecule has 0 fully saturated rings. The van der Waals surface area contributed by atoms with Crippen molar-refractivity contribution in [2.24, 2.45) is 5.41 Å². The van der Waals surface area contributed by atoms with Gasteiger partial charge in [0.2, 0.25) is 0 Å². The van der Waals surface area contributed by atoms with Crippen molar-refractivity contribution >= 4 is 0 Å². The summed E-state index contributed by atoms with van der Waals surface area (Å²) in [4.78, 5) is 0. The van der Waals surface area contributed by atoms with Crippen molar-refractivity contribution in [2.75, 3.05) is 26.8 Å². The van der Waals surface area contributed by atoms with Crippen molar-refractivity contribution < 1.29 is 4.74 Å². The lowest BCUT2D eigenvalue weighted by atomic mass is 9.73. The number of rotatable bonds is 6. The van der Waals surface area contributed by atoms with E-state index >= 15 is 0 Å². The fourth-order valence-electron chi connectivity index (χ4n) is 3.04. The molecule has 0 aliphatic heterocycles. The maximum absolute atomic E-state index is 5.09. The van der Waals surface area contributed by atoms with Gasteiger partial charge in [0.05, 0.1) is 6.61 Å². The predicted molar refractivity (Wildman–Crippen MR) is 72.1 cm³/mol. The third kappa shape index (κ3) is 3.20. The second-order valence-electron chi connectivity index (χ2n) is 5.30. The molecule has 0 saturated heterocycles. The van der Waals surface area contributed by atoms with Crippen LogP contribution >= 0.6 is 0 Å². The number of nitrogens with one attached hydrogen (secondary N) is 1. The zero-order chi connectivity index (χ0) is 12.0. The first-order valence-corrected chi connectivity index (χ1v) is 6.91. The third-order valence-electron chi connectivity index (χ3n) is 4.10. The smallest absolute Gasteiger partial charge is 0.0587 e. The molecule has 0 heterocycles. The standard InChI is InChI=1S/C15H25NO/c1-17-12-11-16-13-15(9-5-6-10-15)14-7-3-2-4-8-14/h5-7,16H,2-4,8-13H2,1H3. The van der Waals surface area contributed by atoms with E-state index in [4.69, 9.17) is 4.74 Å². The Bertz CT molecular complexity index is 285. The Kier molecular flexibility index (Phi) is 4.81. The maximum Gasteiger partial charge on any atom is 0.0587 e. The highest BCUT2D eigenvalue weighted by Gasteiger charge is 2.34. The molecule has 0 aromatic rings. The Labute approximate surface area is 105 Å². The van der Waals surface area contributed by atoms with Gasteiger partial charge in [0.15, 0.2) is 0 Å². The average Bonchev–Trinajstić information content (AvgIpc) is 2.86. The van der Waals surface area contributed by atoms with E-state index in [2.05, 4.69) is 23.5 Å². The normalized spacial score (nSPS) is 22.8. The zero-order valence-electron chi connectivity index (χ0n) is 11.0.